The summed E-state index contributed by atoms with van der Waals surface area (Å²) in [5.41, 5.74) is 0.782. The molecule has 0 saturated carbocycles. The van der Waals surface area contributed by atoms with Gasteiger partial charge in [0.15, 0.2) is 0 Å². The average molecular weight is 299 g/mol. The SMILES string of the molecule is CCCOc1ccc(Cl)cc1C(O)CN1CCNCC1. The van der Waals surface area contributed by atoms with Crippen LogP contribution in [0.3, 0.4) is 0 Å². The van der Waals surface area contributed by atoms with Crippen LogP contribution in [0.15, 0.2) is 18.2 Å². The maximum absolute atomic E-state index is 10.5. The van der Waals surface area contributed by atoms with E-state index in [-0.39, 0.29) is 0 Å². The minimum absolute atomic E-state index is 0.571. The van der Waals surface area contributed by atoms with Crippen LogP contribution in [0.4, 0.5) is 0 Å². The molecule has 20 heavy (non-hydrogen) atoms. The zero-order valence-electron chi connectivity index (χ0n) is 11.9. The van der Waals surface area contributed by atoms with Crippen LogP contribution in [0.2, 0.25) is 5.02 Å². The molecule has 0 aliphatic carbocycles. The van der Waals surface area contributed by atoms with E-state index in [9.17, 15) is 5.11 Å². The van der Waals surface area contributed by atoms with Crippen LogP contribution in [0.5, 0.6) is 5.75 Å². The van der Waals surface area contributed by atoms with E-state index in [0.717, 1.165) is 43.9 Å². The number of rotatable bonds is 6. The highest BCUT2D eigenvalue weighted by Gasteiger charge is 2.19. The first-order valence-electron chi connectivity index (χ1n) is 7.24. The quantitative estimate of drug-likeness (QED) is 0.844. The molecule has 0 bridgehead atoms. The van der Waals surface area contributed by atoms with E-state index in [0.29, 0.717) is 18.2 Å². The Hall–Kier alpha value is -0.810. The summed E-state index contributed by atoms with van der Waals surface area (Å²) >= 11 is 6.05. The first kappa shape index (κ1) is 15.6. The van der Waals surface area contributed by atoms with Crippen molar-refractivity contribution < 1.29 is 9.84 Å². The number of aliphatic hydroxyl groups is 1. The van der Waals surface area contributed by atoms with Crippen LogP contribution in [0.1, 0.15) is 25.0 Å². The van der Waals surface area contributed by atoms with Crippen LogP contribution < -0.4 is 10.1 Å². The van der Waals surface area contributed by atoms with Gasteiger partial charge in [-0.15, -0.1) is 0 Å². The van der Waals surface area contributed by atoms with Gasteiger partial charge in [-0.3, -0.25) is 4.90 Å². The summed E-state index contributed by atoms with van der Waals surface area (Å²) in [5, 5.41) is 14.4. The Kier molecular flexibility index (Phi) is 6.10. The van der Waals surface area contributed by atoms with Gasteiger partial charge in [0.1, 0.15) is 5.75 Å². The summed E-state index contributed by atoms with van der Waals surface area (Å²) in [5.74, 6) is 0.735. The van der Waals surface area contributed by atoms with Crippen molar-refractivity contribution in [1.82, 2.24) is 10.2 Å². The summed E-state index contributed by atoms with van der Waals surface area (Å²) in [6.07, 6.45) is 0.370. The van der Waals surface area contributed by atoms with E-state index in [2.05, 4.69) is 17.1 Å². The monoisotopic (exact) mass is 298 g/mol. The second kappa shape index (κ2) is 7.84. The van der Waals surface area contributed by atoms with E-state index >= 15 is 0 Å². The number of hydrogen-bond acceptors (Lipinski definition) is 4. The van der Waals surface area contributed by atoms with Gasteiger partial charge in [0.05, 0.1) is 12.7 Å². The lowest BCUT2D eigenvalue weighted by molar-refractivity contribution is 0.103. The molecule has 1 saturated heterocycles. The van der Waals surface area contributed by atoms with Crippen molar-refractivity contribution in [3.05, 3.63) is 28.8 Å². The molecule has 1 unspecified atom stereocenters. The third kappa shape index (κ3) is 4.35. The third-order valence-electron chi connectivity index (χ3n) is 3.43. The summed E-state index contributed by atoms with van der Waals surface area (Å²) < 4.78 is 5.70. The molecule has 1 aliphatic heterocycles. The second-order valence-electron chi connectivity index (χ2n) is 5.10. The molecule has 1 atom stereocenters. The summed E-state index contributed by atoms with van der Waals surface area (Å²) in [6, 6.07) is 5.45. The van der Waals surface area contributed by atoms with Crippen molar-refractivity contribution in [2.75, 3.05) is 39.3 Å². The van der Waals surface area contributed by atoms with Crippen molar-refractivity contribution in [1.29, 1.82) is 0 Å². The molecule has 1 aromatic rings. The van der Waals surface area contributed by atoms with Crippen molar-refractivity contribution in [2.24, 2.45) is 0 Å². The summed E-state index contributed by atoms with van der Waals surface area (Å²) in [6.45, 7) is 7.20. The molecule has 0 radical (unpaired) electrons. The van der Waals surface area contributed by atoms with E-state index in [1.807, 2.05) is 6.07 Å². The first-order valence-corrected chi connectivity index (χ1v) is 7.62. The number of nitrogens with one attached hydrogen (secondary N) is 1. The highest BCUT2D eigenvalue weighted by molar-refractivity contribution is 6.30. The van der Waals surface area contributed by atoms with Crippen LogP contribution in [0, 0.1) is 0 Å². The van der Waals surface area contributed by atoms with Crippen molar-refractivity contribution >= 4 is 11.6 Å². The number of aliphatic hydroxyl groups excluding tert-OH is 1. The van der Waals surface area contributed by atoms with Gasteiger partial charge >= 0.3 is 0 Å². The number of ether oxygens (including phenoxy) is 1. The molecule has 0 spiro atoms. The van der Waals surface area contributed by atoms with E-state index < -0.39 is 6.10 Å². The predicted molar refractivity (Wildman–Crippen MR) is 81.5 cm³/mol. The topological polar surface area (TPSA) is 44.7 Å². The third-order valence-corrected chi connectivity index (χ3v) is 3.67. The normalized spacial score (nSPS) is 17.9. The number of benzene rings is 1. The molecule has 4 nitrogen and oxygen atoms in total. The molecule has 1 aromatic carbocycles. The largest absolute Gasteiger partial charge is 0.493 e. The minimum atomic E-state index is -0.571. The number of hydrogen-bond donors (Lipinski definition) is 2. The molecule has 2 rings (SSSR count). The Morgan fingerprint density at radius 3 is 2.85 bits per heavy atom. The Labute approximate surface area is 125 Å². The molecule has 1 aliphatic rings. The van der Waals surface area contributed by atoms with Crippen molar-refractivity contribution in [2.45, 2.75) is 19.4 Å². The number of nitrogens with zero attached hydrogens (tertiary/aromatic N) is 1. The second-order valence-corrected chi connectivity index (χ2v) is 5.53. The average Bonchev–Trinajstić information content (AvgIpc) is 2.47. The van der Waals surface area contributed by atoms with E-state index in [1.165, 1.54) is 0 Å². The smallest absolute Gasteiger partial charge is 0.125 e. The fraction of sp³-hybridized carbons (Fsp3) is 0.600. The van der Waals surface area contributed by atoms with E-state index in [4.69, 9.17) is 16.3 Å². The fourth-order valence-electron chi connectivity index (χ4n) is 2.36. The molecular formula is C15H23ClN2O2. The molecule has 112 valence electrons. The Morgan fingerprint density at radius 2 is 2.15 bits per heavy atom. The molecule has 0 aromatic heterocycles. The predicted octanol–water partition coefficient (Wildman–Crippen LogP) is 2.07. The van der Waals surface area contributed by atoms with Gasteiger partial charge in [-0.1, -0.05) is 18.5 Å². The van der Waals surface area contributed by atoms with Crippen molar-refractivity contribution in [3.8, 4) is 5.75 Å². The Bertz CT molecular complexity index is 422. The molecule has 2 N–H and O–H groups in total. The lowest BCUT2D eigenvalue weighted by atomic mass is 10.1. The summed E-state index contributed by atoms with van der Waals surface area (Å²) in [7, 11) is 0. The maximum atomic E-state index is 10.5. The highest BCUT2D eigenvalue weighted by Crippen LogP contribution is 2.29. The van der Waals surface area contributed by atoms with Gasteiger partial charge in [0, 0.05) is 43.3 Å². The minimum Gasteiger partial charge on any atom is -0.493 e. The molecule has 0 amide bonds. The van der Waals surface area contributed by atoms with Gasteiger partial charge in [-0.25, -0.2) is 0 Å². The van der Waals surface area contributed by atoms with E-state index in [1.54, 1.807) is 12.1 Å². The number of piperazine rings is 1. The zero-order valence-corrected chi connectivity index (χ0v) is 12.7. The Morgan fingerprint density at radius 1 is 1.40 bits per heavy atom. The molecule has 5 heteroatoms. The molecule has 1 heterocycles. The lowest BCUT2D eigenvalue weighted by Crippen LogP contribution is -2.45. The molecule has 1 fully saturated rings. The highest BCUT2D eigenvalue weighted by atomic mass is 35.5. The van der Waals surface area contributed by atoms with Crippen LogP contribution in [-0.2, 0) is 0 Å². The van der Waals surface area contributed by atoms with Crippen LogP contribution in [0.25, 0.3) is 0 Å². The van der Waals surface area contributed by atoms with Crippen molar-refractivity contribution in [3.63, 3.8) is 0 Å². The summed E-state index contributed by atoms with van der Waals surface area (Å²) in [4.78, 5) is 2.26. The van der Waals surface area contributed by atoms with Gasteiger partial charge in [-0.05, 0) is 24.6 Å². The van der Waals surface area contributed by atoms with Gasteiger partial charge < -0.3 is 15.2 Å². The standard InChI is InChI=1S/C15H23ClN2O2/c1-2-9-20-15-4-3-12(16)10-13(15)14(19)11-18-7-5-17-6-8-18/h3-4,10,14,17,19H,2,5-9,11H2,1H3. The van der Waals surface area contributed by atoms with Crippen LogP contribution >= 0.6 is 11.6 Å². The number of halogens is 1. The van der Waals surface area contributed by atoms with Gasteiger partial charge in [0.25, 0.3) is 0 Å². The number of β-amino-alcohol motifs (C(OH)–C–C–N with tert-alkyl or cyclic N) is 1. The van der Waals surface area contributed by atoms with Gasteiger partial charge in [0.2, 0.25) is 0 Å². The van der Waals surface area contributed by atoms with Gasteiger partial charge in [-0.2, -0.15) is 0 Å². The zero-order chi connectivity index (χ0) is 14.4. The fourth-order valence-corrected chi connectivity index (χ4v) is 2.54. The maximum Gasteiger partial charge on any atom is 0.125 e. The van der Waals surface area contributed by atoms with Crippen LogP contribution in [-0.4, -0.2) is 49.3 Å². The molecular weight excluding hydrogens is 276 g/mol. The lowest BCUT2D eigenvalue weighted by Gasteiger charge is -2.29. The first-order chi connectivity index (χ1) is 9.70. The Balaban J connectivity index is 2.06.